The molecule has 182 valence electrons. The first-order chi connectivity index (χ1) is 16.4. The van der Waals surface area contributed by atoms with E-state index in [0.29, 0.717) is 17.8 Å². The molecule has 2 unspecified atom stereocenters. The molecule has 2 N–H and O–H groups in total. The molecule has 0 spiro atoms. The lowest BCUT2D eigenvalue weighted by Gasteiger charge is -2.41. The number of allylic oxidation sites excluding steroid dienone is 2. The van der Waals surface area contributed by atoms with Crippen molar-refractivity contribution >= 4 is 5.70 Å². The predicted molar refractivity (Wildman–Crippen MR) is 140 cm³/mol. The van der Waals surface area contributed by atoms with Gasteiger partial charge in [0.05, 0.1) is 0 Å². The number of hydrogen-bond donors (Lipinski definition) is 2. The monoisotopic (exact) mass is 461 g/mol. The van der Waals surface area contributed by atoms with Crippen LogP contribution in [0, 0.1) is 0 Å². The van der Waals surface area contributed by atoms with Gasteiger partial charge in [0.2, 0.25) is 0 Å². The molecule has 1 fully saturated rings. The highest BCUT2D eigenvalue weighted by Gasteiger charge is 2.31. The van der Waals surface area contributed by atoms with Crippen molar-refractivity contribution in [1.29, 1.82) is 0 Å². The van der Waals surface area contributed by atoms with Crippen LogP contribution in [0.3, 0.4) is 0 Å². The molecule has 2 aromatic carbocycles. The van der Waals surface area contributed by atoms with E-state index in [1.165, 1.54) is 23.3 Å². The van der Waals surface area contributed by atoms with Gasteiger partial charge in [0.25, 0.3) is 0 Å². The summed E-state index contributed by atoms with van der Waals surface area (Å²) in [6.45, 7) is 7.12. The number of phenolic OH excluding ortho intramolecular Hbond substituents is 1. The minimum Gasteiger partial charge on any atom is -0.508 e. The maximum Gasteiger partial charge on any atom is 0.120 e. The van der Waals surface area contributed by atoms with E-state index in [-0.39, 0.29) is 6.10 Å². The number of nitrogens with one attached hydrogen (secondary N) is 1. The first-order valence-corrected chi connectivity index (χ1v) is 12.5. The number of ether oxygens (including phenoxy) is 1. The quantitative estimate of drug-likeness (QED) is 0.577. The molecule has 2 aromatic rings. The van der Waals surface area contributed by atoms with Crippen LogP contribution in [-0.4, -0.2) is 60.3 Å². The first-order valence-electron chi connectivity index (χ1n) is 12.5. The third-order valence-electron chi connectivity index (χ3n) is 7.26. The van der Waals surface area contributed by atoms with Gasteiger partial charge in [0.1, 0.15) is 17.6 Å². The molecule has 3 atom stereocenters. The summed E-state index contributed by atoms with van der Waals surface area (Å²) < 4.78 is 6.42. The van der Waals surface area contributed by atoms with E-state index >= 15 is 0 Å². The van der Waals surface area contributed by atoms with Crippen molar-refractivity contribution in [2.24, 2.45) is 0 Å². The second kappa shape index (κ2) is 11.1. The number of likely N-dealkylation sites (N-methyl/N-ethyl adjacent to an activating group) is 1. The van der Waals surface area contributed by atoms with Crippen LogP contribution in [0.15, 0.2) is 66.3 Å². The van der Waals surface area contributed by atoms with Crippen LogP contribution >= 0.6 is 0 Å². The van der Waals surface area contributed by atoms with Crippen LogP contribution in [0.25, 0.3) is 5.70 Å². The van der Waals surface area contributed by atoms with Crippen LogP contribution < -0.4 is 10.1 Å². The number of hydrogen-bond acceptors (Lipinski definition) is 5. The Balaban J connectivity index is 1.30. The van der Waals surface area contributed by atoms with Crippen molar-refractivity contribution in [3.63, 3.8) is 0 Å². The van der Waals surface area contributed by atoms with Crippen molar-refractivity contribution in [3.05, 3.63) is 77.4 Å². The number of benzene rings is 2. The minimum atomic E-state index is 0.289. The number of phenols is 1. The topological polar surface area (TPSA) is 48.0 Å². The third-order valence-corrected chi connectivity index (χ3v) is 7.26. The van der Waals surface area contributed by atoms with Gasteiger partial charge in [-0.3, -0.25) is 0 Å². The zero-order valence-electron chi connectivity index (χ0n) is 21.0. The molecule has 0 aromatic heterocycles. The zero-order valence-corrected chi connectivity index (χ0v) is 21.0. The summed E-state index contributed by atoms with van der Waals surface area (Å²) in [5.74, 6) is 1.28. The highest BCUT2D eigenvalue weighted by atomic mass is 16.5. The Hall–Kier alpha value is -2.76. The Morgan fingerprint density at radius 2 is 1.82 bits per heavy atom. The maximum absolute atomic E-state index is 9.53. The molecular weight excluding hydrogens is 422 g/mol. The summed E-state index contributed by atoms with van der Waals surface area (Å²) in [7, 11) is 4.35. The molecule has 0 radical (unpaired) electrons. The Morgan fingerprint density at radius 3 is 2.56 bits per heavy atom. The van der Waals surface area contributed by atoms with Gasteiger partial charge >= 0.3 is 0 Å². The predicted octanol–water partition coefficient (Wildman–Crippen LogP) is 5.03. The van der Waals surface area contributed by atoms with Gasteiger partial charge in [0.15, 0.2) is 0 Å². The number of nitrogens with zero attached hydrogens (tertiary/aromatic N) is 2. The number of likely N-dealkylation sites (tertiary alicyclic amines) is 1. The van der Waals surface area contributed by atoms with E-state index in [4.69, 9.17) is 4.74 Å². The Kier molecular flexibility index (Phi) is 7.96. The van der Waals surface area contributed by atoms with Crippen molar-refractivity contribution in [2.75, 3.05) is 27.2 Å². The average Bonchev–Trinajstić information content (AvgIpc) is 2.82. The maximum atomic E-state index is 9.53. The lowest BCUT2D eigenvalue weighted by atomic mass is 9.93. The lowest BCUT2D eigenvalue weighted by Crippen LogP contribution is -2.48. The van der Waals surface area contributed by atoms with E-state index < -0.39 is 0 Å². The molecule has 0 aliphatic carbocycles. The van der Waals surface area contributed by atoms with Gasteiger partial charge in [-0.25, -0.2) is 0 Å². The molecule has 34 heavy (non-hydrogen) atoms. The highest BCUT2D eigenvalue weighted by molar-refractivity contribution is 5.67. The Bertz CT molecular complexity index is 1010. The van der Waals surface area contributed by atoms with Crippen LogP contribution in [0.1, 0.15) is 44.2 Å². The lowest BCUT2D eigenvalue weighted by molar-refractivity contribution is 0.0344. The van der Waals surface area contributed by atoms with Crippen molar-refractivity contribution in [3.8, 4) is 11.5 Å². The molecule has 0 amide bonds. The molecule has 0 bridgehead atoms. The standard InChI is InChI=1S/C29H39N3O2/c1-5-25-17-28(15-21(2)32(25)4)34-27-8-6-7-22(16-27)18-30-19-23-9-14-29(31(3)20-23)24-10-12-26(33)13-11-24/h6-14,16,21,25,28,30,33H,5,15,17-20H2,1-4H3/t21?,25?,28-/m0/s1. The molecule has 4 rings (SSSR count). The minimum absolute atomic E-state index is 0.289. The summed E-state index contributed by atoms with van der Waals surface area (Å²) in [6.07, 6.45) is 8.00. The second-order valence-corrected chi connectivity index (χ2v) is 9.82. The molecule has 5 heteroatoms. The largest absolute Gasteiger partial charge is 0.508 e. The van der Waals surface area contributed by atoms with Gasteiger partial charge in [-0.1, -0.05) is 25.1 Å². The van der Waals surface area contributed by atoms with Gasteiger partial charge < -0.3 is 25.0 Å². The summed E-state index contributed by atoms with van der Waals surface area (Å²) in [5.41, 5.74) is 4.88. The molecule has 2 aliphatic heterocycles. The average molecular weight is 462 g/mol. The van der Waals surface area contributed by atoms with E-state index in [1.807, 2.05) is 12.1 Å². The highest BCUT2D eigenvalue weighted by Crippen LogP contribution is 2.28. The normalized spacial score (nSPS) is 23.4. The number of rotatable bonds is 8. The van der Waals surface area contributed by atoms with Gasteiger partial charge in [-0.05, 0) is 92.4 Å². The third kappa shape index (κ3) is 6.02. The molecular formula is C29H39N3O2. The fourth-order valence-corrected chi connectivity index (χ4v) is 5.14. The number of piperidine rings is 1. The van der Waals surface area contributed by atoms with Gasteiger partial charge in [-0.2, -0.15) is 0 Å². The fourth-order valence-electron chi connectivity index (χ4n) is 5.14. The van der Waals surface area contributed by atoms with Crippen LogP contribution in [0.2, 0.25) is 0 Å². The van der Waals surface area contributed by atoms with Crippen LogP contribution in [0.5, 0.6) is 11.5 Å². The van der Waals surface area contributed by atoms with E-state index in [2.05, 4.69) is 79.5 Å². The SMILES string of the molecule is CCC1C[C@@H](Oc2cccc(CNCC3=CC=C(c4ccc(O)cc4)N(C)C3)c2)CC(C)N1C. The first kappa shape index (κ1) is 24.4. The van der Waals surface area contributed by atoms with Gasteiger partial charge in [0, 0.05) is 44.5 Å². The summed E-state index contributed by atoms with van der Waals surface area (Å²) in [5, 5.41) is 13.1. The van der Waals surface area contributed by atoms with Crippen LogP contribution in [-0.2, 0) is 6.54 Å². The molecule has 1 saturated heterocycles. The van der Waals surface area contributed by atoms with E-state index in [0.717, 1.165) is 43.8 Å². The molecule has 5 nitrogen and oxygen atoms in total. The molecule has 0 saturated carbocycles. The fraction of sp³-hybridized carbons (Fsp3) is 0.448. The number of aromatic hydroxyl groups is 1. The van der Waals surface area contributed by atoms with Crippen molar-refractivity contribution in [2.45, 2.75) is 57.8 Å². The Labute approximate surface area is 204 Å². The van der Waals surface area contributed by atoms with Crippen molar-refractivity contribution in [1.82, 2.24) is 15.1 Å². The van der Waals surface area contributed by atoms with E-state index in [9.17, 15) is 5.11 Å². The van der Waals surface area contributed by atoms with Crippen LogP contribution in [0.4, 0.5) is 0 Å². The molecule has 2 heterocycles. The van der Waals surface area contributed by atoms with Crippen molar-refractivity contribution < 1.29 is 9.84 Å². The summed E-state index contributed by atoms with van der Waals surface area (Å²) >= 11 is 0. The summed E-state index contributed by atoms with van der Waals surface area (Å²) in [6, 6.07) is 17.1. The zero-order chi connectivity index (χ0) is 24.1. The molecule has 2 aliphatic rings. The Morgan fingerprint density at radius 1 is 1.03 bits per heavy atom. The van der Waals surface area contributed by atoms with E-state index in [1.54, 1.807) is 12.1 Å². The second-order valence-electron chi connectivity index (χ2n) is 9.82. The smallest absolute Gasteiger partial charge is 0.120 e. The van der Waals surface area contributed by atoms with Gasteiger partial charge in [-0.15, -0.1) is 0 Å². The summed E-state index contributed by atoms with van der Waals surface area (Å²) in [4.78, 5) is 4.75.